The number of aryl methyl sites for hydroxylation is 1. The Morgan fingerprint density at radius 2 is 1.97 bits per heavy atom. The average molecular weight is 484 g/mol. The fraction of sp³-hybridized carbons (Fsp3) is 0.304. The molecular formula is C23H23ClFN7O2. The quantitative estimate of drug-likeness (QED) is 0.432. The zero-order valence-corrected chi connectivity index (χ0v) is 19.5. The molecule has 11 heteroatoms. The molecule has 1 fully saturated rings. The number of aromatic amines is 1. The minimum Gasteiger partial charge on any atom is -0.365 e. The second-order valence-corrected chi connectivity index (χ2v) is 8.69. The molecule has 3 aromatic heterocycles. The Morgan fingerprint density at radius 3 is 2.68 bits per heavy atom. The number of hydrogen-bond donors (Lipinski definition) is 2. The first-order valence-corrected chi connectivity index (χ1v) is 11.3. The number of aromatic nitrogens is 4. The molecule has 34 heavy (non-hydrogen) atoms. The number of piperazine rings is 1. The first kappa shape index (κ1) is 22.3. The van der Waals surface area contributed by atoms with Gasteiger partial charge in [-0.15, -0.1) is 0 Å². The smallest absolute Gasteiger partial charge is 0.276 e. The highest BCUT2D eigenvalue weighted by molar-refractivity contribution is 6.34. The highest BCUT2D eigenvalue weighted by Crippen LogP contribution is 2.24. The van der Waals surface area contributed by atoms with Crippen LogP contribution in [-0.4, -0.2) is 63.6 Å². The largest absolute Gasteiger partial charge is 0.365 e. The molecule has 0 radical (unpaired) electrons. The van der Waals surface area contributed by atoms with Crippen molar-refractivity contribution >= 4 is 39.7 Å². The number of nitrogens with one attached hydrogen (secondary N) is 2. The van der Waals surface area contributed by atoms with Crippen LogP contribution in [-0.2, 0) is 6.54 Å². The molecule has 2 N–H and O–H groups in total. The van der Waals surface area contributed by atoms with E-state index in [2.05, 4.69) is 25.3 Å². The van der Waals surface area contributed by atoms with Gasteiger partial charge in [0.15, 0.2) is 5.52 Å². The van der Waals surface area contributed by atoms with Crippen LogP contribution in [0, 0.1) is 12.9 Å². The van der Waals surface area contributed by atoms with E-state index in [0.29, 0.717) is 47.1 Å². The summed E-state index contributed by atoms with van der Waals surface area (Å²) in [6, 6.07) is 9.03. The van der Waals surface area contributed by atoms with E-state index < -0.39 is 11.9 Å². The third-order valence-electron chi connectivity index (χ3n) is 6.15. The van der Waals surface area contributed by atoms with E-state index in [4.69, 9.17) is 11.6 Å². The predicted molar refractivity (Wildman–Crippen MR) is 128 cm³/mol. The minimum atomic E-state index is -0.645. The summed E-state index contributed by atoms with van der Waals surface area (Å²) < 4.78 is 16.1. The number of hydrogen-bond acceptors (Lipinski definition) is 6. The molecule has 1 aliphatic heterocycles. The van der Waals surface area contributed by atoms with Gasteiger partial charge in [0.25, 0.3) is 11.5 Å². The van der Waals surface area contributed by atoms with Gasteiger partial charge in [0.2, 0.25) is 5.95 Å². The van der Waals surface area contributed by atoms with Gasteiger partial charge in [-0.25, -0.2) is 9.50 Å². The number of amides is 1. The molecule has 1 saturated heterocycles. The van der Waals surface area contributed by atoms with E-state index in [0.717, 1.165) is 24.2 Å². The number of pyridine rings is 1. The number of benzene rings is 1. The van der Waals surface area contributed by atoms with Crippen LogP contribution in [0.15, 0.2) is 35.1 Å². The zero-order chi connectivity index (χ0) is 24.0. The summed E-state index contributed by atoms with van der Waals surface area (Å²) >= 11 is 6.24. The number of halogens is 2. The number of nitrogens with zero attached hydrogens (tertiary/aromatic N) is 5. The fourth-order valence-corrected chi connectivity index (χ4v) is 4.55. The number of carbonyl (C=O) groups excluding carboxylic acids is 1. The van der Waals surface area contributed by atoms with Gasteiger partial charge < -0.3 is 15.2 Å². The number of rotatable bonds is 4. The van der Waals surface area contributed by atoms with Crippen LogP contribution in [0.4, 0.5) is 10.1 Å². The second kappa shape index (κ2) is 8.69. The summed E-state index contributed by atoms with van der Waals surface area (Å²) in [5.74, 6) is -1.06. The van der Waals surface area contributed by atoms with Crippen LogP contribution in [0.1, 0.15) is 21.7 Å². The van der Waals surface area contributed by atoms with Gasteiger partial charge in [-0.2, -0.15) is 9.49 Å². The van der Waals surface area contributed by atoms with Crippen LogP contribution in [0.25, 0.3) is 16.6 Å². The Morgan fingerprint density at radius 1 is 1.21 bits per heavy atom. The maximum absolute atomic E-state index is 14.5. The van der Waals surface area contributed by atoms with Crippen LogP contribution < -0.4 is 15.8 Å². The normalized spacial score (nSPS) is 14.8. The van der Waals surface area contributed by atoms with E-state index in [9.17, 15) is 14.0 Å². The van der Waals surface area contributed by atoms with Crippen molar-refractivity contribution in [3.63, 3.8) is 0 Å². The van der Waals surface area contributed by atoms with E-state index in [-0.39, 0.29) is 11.3 Å². The van der Waals surface area contributed by atoms with Crippen molar-refractivity contribution in [3.05, 3.63) is 68.6 Å². The van der Waals surface area contributed by atoms with Crippen LogP contribution in [0.2, 0.25) is 5.02 Å². The molecule has 1 aliphatic rings. The Labute approximate surface area is 199 Å². The van der Waals surface area contributed by atoms with E-state index >= 15 is 0 Å². The monoisotopic (exact) mass is 483 g/mol. The Hall–Kier alpha value is -3.50. The fourth-order valence-electron chi connectivity index (χ4n) is 4.35. The molecule has 176 valence electrons. The van der Waals surface area contributed by atoms with Gasteiger partial charge in [-0.05, 0) is 36.8 Å². The lowest BCUT2D eigenvalue weighted by molar-refractivity contribution is 0.0957. The van der Waals surface area contributed by atoms with Crippen LogP contribution in [0.5, 0.6) is 0 Å². The van der Waals surface area contributed by atoms with Crippen molar-refractivity contribution < 1.29 is 9.18 Å². The molecule has 9 nitrogen and oxygen atoms in total. The second-order valence-electron chi connectivity index (χ2n) is 8.31. The average Bonchev–Trinajstić information content (AvgIpc) is 3.14. The minimum absolute atomic E-state index is 0.0570. The van der Waals surface area contributed by atoms with Gasteiger partial charge in [0.05, 0.1) is 27.4 Å². The van der Waals surface area contributed by atoms with Crippen molar-refractivity contribution in [2.24, 2.45) is 0 Å². The molecule has 5 rings (SSSR count). The third-order valence-corrected chi connectivity index (χ3v) is 6.60. The van der Waals surface area contributed by atoms with E-state index in [1.165, 1.54) is 13.1 Å². The lowest BCUT2D eigenvalue weighted by atomic mass is 10.1. The lowest BCUT2D eigenvalue weighted by Crippen LogP contribution is -2.46. The molecule has 0 unspecified atom stereocenters. The lowest BCUT2D eigenvalue weighted by Gasteiger charge is -2.36. The van der Waals surface area contributed by atoms with Gasteiger partial charge >= 0.3 is 0 Å². The number of anilines is 1. The van der Waals surface area contributed by atoms with Crippen LogP contribution >= 0.6 is 11.6 Å². The first-order valence-electron chi connectivity index (χ1n) is 10.9. The molecule has 0 bridgehead atoms. The van der Waals surface area contributed by atoms with Crippen molar-refractivity contribution in [2.75, 3.05) is 38.1 Å². The van der Waals surface area contributed by atoms with Gasteiger partial charge in [0, 0.05) is 39.8 Å². The highest BCUT2D eigenvalue weighted by atomic mass is 35.5. The van der Waals surface area contributed by atoms with Crippen molar-refractivity contribution in [3.8, 4) is 0 Å². The van der Waals surface area contributed by atoms with Gasteiger partial charge in [-0.3, -0.25) is 14.5 Å². The van der Waals surface area contributed by atoms with Gasteiger partial charge in [0.1, 0.15) is 5.69 Å². The molecule has 0 saturated carbocycles. The van der Waals surface area contributed by atoms with Gasteiger partial charge in [-0.1, -0.05) is 17.7 Å². The Kier molecular flexibility index (Phi) is 5.70. The summed E-state index contributed by atoms with van der Waals surface area (Å²) in [6.07, 6.45) is 0. The molecule has 4 aromatic rings. The standard InChI is InChI=1S/C23H23ClFN7O2/c1-13-19(24)20-23(34)28-16-11-14(3-5-17(16)32(20)29-13)12-30-7-9-31(10-8-30)18-6-4-15(22(33)26-2)27-21(18)25/h3-6,11H,7-10,12H2,1-2H3,(H,26,33)(H,28,34). The summed E-state index contributed by atoms with van der Waals surface area (Å²) in [7, 11) is 1.48. The molecule has 1 aromatic carbocycles. The maximum Gasteiger partial charge on any atom is 0.276 e. The SMILES string of the molecule is CNC(=O)c1ccc(N2CCN(Cc3ccc4c(c3)[nH]c(=O)c3c(Cl)c(C)nn34)CC2)c(F)n1. The van der Waals surface area contributed by atoms with E-state index in [1.807, 2.05) is 23.1 Å². The molecule has 4 heterocycles. The molecular weight excluding hydrogens is 461 g/mol. The molecule has 1 amide bonds. The highest BCUT2D eigenvalue weighted by Gasteiger charge is 2.22. The topological polar surface area (TPSA) is 98.6 Å². The summed E-state index contributed by atoms with van der Waals surface area (Å²) in [5.41, 5.74) is 3.65. The Balaban J connectivity index is 1.30. The van der Waals surface area contributed by atoms with Crippen molar-refractivity contribution in [1.29, 1.82) is 0 Å². The molecule has 0 spiro atoms. The number of H-pyrrole nitrogens is 1. The predicted octanol–water partition coefficient (Wildman–Crippen LogP) is 2.35. The summed E-state index contributed by atoms with van der Waals surface area (Å²) in [5, 5.41) is 7.21. The molecule has 0 aliphatic carbocycles. The van der Waals surface area contributed by atoms with Crippen LogP contribution in [0.3, 0.4) is 0 Å². The summed E-state index contributed by atoms with van der Waals surface area (Å²) in [6.45, 7) is 5.20. The van der Waals surface area contributed by atoms with Crippen molar-refractivity contribution in [2.45, 2.75) is 13.5 Å². The number of fused-ring (bicyclic) bond motifs is 3. The zero-order valence-electron chi connectivity index (χ0n) is 18.7. The Bertz CT molecular complexity index is 1470. The molecule has 0 atom stereocenters. The van der Waals surface area contributed by atoms with E-state index in [1.54, 1.807) is 17.5 Å². The number of carbonyl (C=O) groups is 1. The first-order chi connectivity index (χ1) is 16.4. The summed E-state index contributed by atoms with van der Waals surface area (Å²) in [4.78, 5) is 35.1. The maximum atomic E-state index is 14.5. The van der Waals surface area contributed by atoms with Crippen molar-refractivity contribution in [1.82, 2.24) is 29.8 Å². The third kappa shape index (κ3) is 3.88.